The second-order valence-corrected chi connectivity index (χ2v) is 9.96. The van der Waals surface area contributed by atoms with Gasteiger partial charge in [0.05, 0.1) is 17.3 Å². The molecule has 2 fully saturated rings. The number of hydrogen-bond donors (Lipinski definition) is 0. The molecular formula is C17H21NO5S2. The molecule has 0 unspecified atom stereocenters. The van der Waals surface area contributed by atoms with Gasteiger partial charge < -0.3 is 14.4 Å². The Bertz CT molecular complexity index is 775. The third-order valence-corrected chi connectivity index (χ3v) is 7.43. The van der Waals surface area contributed by atoms with Crippen LogP contribution in [0, 0.1) is 0 Å². The zero-order valence-electron chi connectivity index (χ0n) is 13.8. The lowest BCUT2D eigenvalue weighted by atomic mass is 10.2. The van der Waals surface area contributed by atoms with Gasteiger partial charge in [-0.05, 0) is 37.5 Å². The van der Waals surface area contributed by atoms with Crippen LogP contribution in [0.2, 0.25) is 0 Å². The Morgan fingerprint density at radius 3 is 2.56 bits per heavy atom. The summed E-state index contributed by atoms with van der Waals surface area (Å²) in [7, 11) is -2.99. The second-order valence-electron chi connectivity index (χ2n) is 6.68. The highest BCUT2D eigenvalue weighted by Crippen LogP contribution is 2.36. The highest BCUT2D eigenvalue weighted by molar-refractivity contribution is 8.00. The van der Waals surface area contributed by atoms with E-state index in [1.165, 1.54) is 11.8 Å². The van der Waals surface area contributed by atoms with Crippen molar-refractivity contribution in [3.63, 3.8) is 0 Å². The summed E-state index contributed by atoms with van der Waals surface area (Å²) in [5, 5.41) is 0. The Kier molecular flexibility index (Phi) is 4.58. The van der Waals surface area contributed by atoms with Crippen molar-refractivity contribution in [2.75, 3.05) is 30.5 Å². The molecule has 2 heterocycles. The van der Waals surface area contributed by atoms with Gasteiger partial charge in [-0.1, -0.05) is 0 Å². The molecule has 1 saturated heterocycles. The first kappa shape index (κ1) is 17.0. The maximum absolute atomic E-state index is 12.7. The van der Waals surface area contributed by atoms with E-state index in [1.54, 1.807) is 0 Å². The molecule has 2 aliphatic heterocycles. The molecule has 6 nitrogen and oxygen atoms in total. The van der Waals surface area contributed by atoms with E-state index in [4.69, 9.17) is 9.47 Å². The molecule has 1 amide bonds. The van der Waals surface area contributed by atoms with Gasteiger partial charge in [0.15, 0.2) is 21.3 Å². The highest BCUT2D eigenvalue weighted by atomic mass is 32.2. The number of fused-ring (bicyclic) bond motifs is 1. The van der Waals surface area contributed by atoms with Crippen LogP contribution in [0.5, 0.6) is 11.5 Å². The van der Waals surface area contributed by atoms with Crippen LogP contribution in [-0.4, -0.2) is 61.8 Å². The molecule has 1 aliphatic carbocycles. The maximum Gasteiger partial charge on any atom is 0.233 e. The number of hydrogen-bond acceptors (Lipinski definition) is 6. The number of sulfone groups is 1. The standard InChI is InChI=1S/C17H21NO5S2/c19-17(18(12-1-2-12)13-5-8-25(20,21)11-13)10-24-14-3-4-15-16(9-14)23-7-6-22-15/h3-4,9,12-13H,1-2,5-8,10-11H2/t13-/m1/s1. The van der Waals surface area contributed by atoms with Crippen LogP contribution < -0.4 is 9.47 Å². The first-order chi connectivity index (χ1) is 12.0. The van der Waals surface area contributed by atoms with Crippen molar-refractivity contribution < 1.29 is 22.7 Å². The van der Waals surface area contributed by atoms with Crippen LogP contribution in [0.4, 0.5) is 0 Å². The lowest BCUT2D eigenvalue weighted by molar-refractivity contribution is -0.130. The maximum atomic E-state index is 12.7. The summed E-state index contributed by atoms with van der Waals surface area (Å²) >= 11 is 1.46. The molecule has 0 bridgehead atoms. The summed E-state index contributed by atoms with van der Waals surface area (Å²) in [5.41, 5.74) is 0. The summed E-state index contributed by atoms with van der Waals surface area (Å²) in [4.78, 5) is 15.5. The molecule has 1 atom stereocenters. The van der Waals surface area contributed by atoms with Gasteiger partial charge in [-0.25, -0.2) is 8.42 Å². The second kappa shape index (κ2) is 6.72. The molecule has 0 radical (unpaired) electrons. The summed E-state index contributed by atoms with van der Waals surface area (Å²) in [6.45, 7) is 1.09. The van der Waals surface area contributed by atoms with Crippen LogP contribution in [0.3, 0.4) is 0 Å². The number of carbonyl (C=O) groups excluding carboxylic acids is 1. The Labute approximate surface area is 151 Å². The van der Waals surface area contributed by atoms with Crippen LogP contribution in [0.15, 0.2) is 23.1 Å². The molecule has 1 aromatic rings. The van der Waals surface area contributed by atoms with Gasteiger partial charge in [0.25, 0.3) is 0 Å². The number of carbonyl (C=O) groups is 1. The zero-order chi connectivity index (χ0) is 17.4. The molecule has 0 N–H and O–H groups in total. The largest absolute Gasteiger partial charge is 0.486 e. The minimum absolute atomic E-state index is 0.0319. The summed E-state index contributed by atoms with van der Waals surface area (Å²) in [5.74, 6) is 2.10. The first-order valence-corrected chi connectivity index (χ1v) is 11.4. The van der Waals surface area contributed by atoms with E-state index in [1.807, 2.05) is 23.1 Å². The van der Waals surface area contributed by atoms with Gasteiger partial charge in [-0.2, -0.15) is 0 Å². The summed E-state index contributed by atoms with van der Waals surface area (Å²) in [6.07, 6.45) is 2.53. The van der Waals surface area contributed by atoms with Crippen LogP contribution in [0.1, 0.15) is 19.3 Å². The monoisotopic (exact) mass is 383 g/mol. The number of ether oxygens (including phenoxy) is 2. The molecule has 4 rings (SSSR count). The van der Waals surface area contributed by atoms with Gasteiger partial charge in [0.2, 0.25) is 5.91 Å². The van der Waals surface area contributed by atoms with Crippen molar-refractivity contribution in [1.82, 2.24) is 4.90 Å². The molecular weight excluding hydrogens is 362 g/mol. The minimum Gasteiger partial charge on any atom is -0.486 e. The Morgan fingerprint density at radius 1 is 1.12 bits per heavy atom. The van der Waals surface area contributed by atoms with E-state index < -0.39 is 9.84 Å². The van der Waals surface area contributed by atoms with Crippen molar-refractivity contribution in [3.05, 3.63) is 18.2 Å². The summed E-state index contributed by atoms with van der Waals surface area (Å²) < 4.78 is 34.6. The van der Waals surface area contributed by atoms with Crippen molar-refractivity contribution in [1.29, 1.82) is 0 Å². The lowest BCUT2D eigenvalue weighted by Crippen LogP contribution is -2.43. The molecule has 8 heteroatoms. The van der Waals surface area contributed by atoms with E-state index in [9.17, 15) is 13.2 Å². The van der Waals surface area contributed by atoms with E-state index in [0.717, 1.165) is 23.5 Å². The molecule has 25 heavy (non-hydrogen) atoms. The Balaban J connectivity index is 1.40. The van der Waals surface area contributed by atoms with Crippen molar-refractivity contribution in [2.24, 2.45) is 0 Å². The van der Waals surface area contributed by atoms with Gasteiger partial charge in [0, 0.05) is 17.0 Å². The molecule has 1 saturated carbocycles. The first-order valence-electron chi connectivity index (χ1n) is 8.56. The number of rotatable bonds is 5. The van der Waals surface area contributed by atoms with E-state index in [0.29, 0.717) is 31.1 Å². The highest BCUT2D eigenvalue weighted by Gasteiger charge is 2.41. The van der Waals surface area contributed by atoms with Crippen LogP contribution in [0.25, 0.3) is 0 Å². The fourth-order valence-electron chi connectivity index (χ4n) is 3.39. The van der Waals surface area contributed by atoms with Crippen molar-refractivity contribution in [2.45, 2.75) is 36.2 Å². The average molecular weight is 383 g/mol. The molecule has 136 valence electrons. The predicted molar refractivity (Wildman–Crippen MR) is 95.1 cm³/mol. The lowest BCUT2D eigenvalue weighted by Gasteiger charge is -2.28. The summed E-state index contributed by atoms with van der Waals surface area (Å²) in [6, 6.07) is 5.77. The number of benzene rings is 1. The number of amides is 1. The van der Waals surface area contributed by atoms with E-state index >= 15 is 0 Å². The van der Waals surface area contributed by atoms with Crippen molar-refractivity contribution in [3.8, 4) is 11.5 Å². The fourth-order valence-corrected chi connectivity index (χ4v) is 5.89. The van der Waals surface area contributed by atoms with Crippen LogP contribution >= 0.6 is 11.8 Å². The third kappa shape index (κ3) is 3.89. The molecule has 1 aromatic carbocycles. The Hall–Kier alpha value is -1.41. The van der Waals surface area contributed by atoms with E-state index in [-0.39, 0.29) is 29.5 Å². The average Bonchev–Trinajstić information content (AvgIpc) is 3.36. The zero-order valence-corrected chi connectivity index (χ0v) is 15.5. The minimum atomic E-state index is -2.99. The normalized spacial score (nSPS) is 24.1. The molecule has 0 aromatic heterocycles. The predicted octanol–water partition coefficient (Wildman–Crippen LogP) is 1.73. The Morgan fingerprint density at radius 2 is 1.88 bits per heavy atom. The molecule has 3 aliphatic rings. The fraction of sp³-hybridized carbons (Fsp3) is 0.588. The van der Waals surface area contributed by atoms with E-state index in [2.05, 4.69) is 0 Å². The van der Waals surface area contributed by atoms with Gasteiger partial charge in [-0.3, -0.25) is 4.79 Å². The quantitative estimate of drug-likeness (QED) is 0.721. The van der Waals surface area contributed by atoms with Gasteiger partial charge in [0.1, 0.15) is 13.2 Å². The topological polar surface area (TPSA) is 72.9 Å². The van der Waals surface area contributed by atoms with Gasteiger partial charge in [-0.15, -0.1) is 11.8 Å². The molecule has 0 spiro atoms. The van der Waals surface area contributed by atoms with Crippen molar-refractivity contribution >= 4 is 27.5 Å². The SMILES string of the molecule is O=C(CSc1ccc2c(c1)OCCO2)N(C1CC1)[C@@H]1CCS(=O)(=O)C1. The number of thioether (sulfide) groups is 1. The van der Waals surface area contributed by atoms with Gasteiger partial charge >= 0.3 is 0 Å². The number of nitrogens with zero attached hydrogens (tertiary/aromatic N) is 1. The van der Waals surface area contributed by atoms with Crippen LogP contribution in [-0.2, 0) is 14.6 Å². The smallest absolute Gasteiger partial charge is 0.233 e. The third-order valence-electron chi connectivity index (χ3n) is 4.71.